The number of benzene rings is 9. The third-order valence-electron chi connectivity index (χ3n) is 20.1. The van der Waals surface area contributed by atoms with Gasteiger partial charge in [-0.3, -0.25) is 0 Å². The Morgan fingerprint density at radius 1 is 0.402 bits per heavy atom. The molecule has 0 saturated heterocycles. The molecule has 6 heteroatoms. The molecule has 0 fully saturated rings. The van der Waals surface area contributed by atoms with E-state index >= 15 is 0 Å². The molecule has 404 valence electrons. The van der Waals surface area contributed by atoms with Gasteiger partial charge in [-0.2, -0.15) is 0 Å². The lowest BCUT2D eigenvalue weighted by Crippen LogP contribution is -2.61. The quantitative estimate of drug-likeness (QED) is 0.164. The third-order valence-corrected chi connectivity index (χ3v) is 20.1. The van der Waals surface area contributed by atoms with Crippen LogP contribution in [-0.2, 0) is 27.1 Å². The highest BCUT2D eigenvalue weighted by Crippen LogP contribution is 2.57. The van der Waals surface area contributed by atoms with Crippen LogP contribution in [0.25, 0.3) is 88.2 Å². The standard InChI is InChI=1S/C76H69BN2O3/c1-72(2,3)47-28-31-61(50(36-47)46-22-16-13-17-23-46)78-68-56-40-58-60(76(10,11)35-33-74(58,6)7)42-65(56)82-71(68)77-67-54(38-55-49-24-18-19-25-63(49)81-70(55)69(67)78)51-37-52-53-39-57-59(75(8,9)34-32-73(57,4)5)41-64(53)80-66(52)43-62(51)79(77)48-29-26-45(27-30-48)44-20-14-12-15-21-44/h12-31,36-43H,32-35H2,1-11H3. The lowest BCUT2D eigenvalue weighted by molar-refractivity contribution is 0.332. The SMILES string of the molecule is CC(C)(C)c1ccc(N2c3c(oc4cc5c(cc34)C(C)(C)CCC5(C)C)B3c4c(cc5c(oc6ccccc65)c42)-c2cc4c(cc2N3c2ccc(-c3ccccc3)cc2)oc2cc3c(cc24)C(C)(C)CCC3(C)C)c(-c2ccccc2)c1. The summed E-state index contributed by atoms with van der Waals surface area (Å²) in [4.78, 5) is 5.15. The van der Waals surface area contributed by atoms with E-state index in [1.807, 2.05) is 0 Å². The molecule has 5 nitrogen and oxygen atoms in total. The van der Waals surface area contributed by atoms with Gasteiger partial charge in [0.2, 0.25) is 0 Å². The Hall–Kier alpha value is -8.22. The van der Waals surface area contributed by atoms with Crippen molar-refractivity contribution in [1.82, 2.24) is 0 Å². The maximum atomic E-state index is 7.87. The average Bonchev–Trinajstić information content (AvgIpc) is 1.57. The Bertz CT molecular complexity index is 4680. The molecular formula is C76H69BN2O3. The van der Waals surface area contributed by atoms with Crippen molar-refractivity contribution in [3.05, 3.63) is 198 Å². The second-order valence-electron chi connectivity index (χ2n) is 28.1. The Morgan fingerprint density at radius 2 is 0.939 bits per heavy atom. The molecule has 3 aromatic heterocycles. The van der Waals surface area contributed by atoms with Crippen molar-refractivity contribution in [1.29, 1.82) is 0 Å². The molecular weight excluding hydrogens is 1000 g/mol. The molecule has 16 rings (SSSR count). The van der Waals surface area contributed by atoms with Gasteiger partial charge in [-0.1, -0.05) is 173 Å². The second kappa shape index (κ2) is 16.7. The van der Waals surface area contributed by atoms with Crippen LogP contribution in [-0.4, -0.2) is 6.85 Å². The van der Waals surface area contributed by atoms with Crippen LogP contribution in [0, 0.1) is 0 Å². The van der Waals surface area contributed by atoms with E-state index in [1.165, 1.54) is 33.4 Å². The highest BCUT2D eigenvalue weighted by molar-refractivity contribution is 6.93. The minimum atomic E-state index is -0.431. The molecule has 4 aliphatic rings. The fourth-order valence-electron chi connectivity index (χ4n) is 15.1. The van der Waals surface area contributed by atoms with Gasteiger partial charge in [0.15, 0.2) is 5.58 Å². The molecule has 2 aliphatic carbocycles. The maximum Gasteiger partial charge on any atom is 0.376 e. The van der Waals surface area contributed by atoms with Gasteiger partial charge >= 0.3 is 6.85 Å². The van der Waals surface area contributed by atoms with E-state index < -0.39 is 6.85 Å². The predicted octanol–water partition coefficient (Wildman–Crippen LogP) is 20.3. The molecule has 12 aromatic rings. The number of rotatable bonds is 4. The number of hydrogen-bond acceptors (Lipinski definition) is 5. The van der Waals surface area contributed by atoms with E-state index in [4.69, 9.17) is 13.3 Å². The summed E-state index contributed by atoms with van der Waals surface area (Å²) in [6.45, 7) is 25.9. The monoisotopic (exact) mass is 1070 g/mol. The summed E-state index contributed by atoms with van der Waals surface area (Å²) < 4.78 is 22.5. The van der Waals surface area contributed by atoms with E-state index in [9.17, 15) is 0 Å². The molecule has 0 atom stereocenters. The van der Waals surface area contributed by atoms with Gasteiger partial charge in [0.25, 0.3) is 0 Å². The van der Waals surface area contributed by atoms with E-state index in [-0.39, 0.29) is 27.1 Å². The number of hydrogen-bond donors (Lipinski definition) is 0. The number of para-hydroxylation sites is 1. The molecule has 0 unspecified atom stereocenters. The van der Waals surface area contributed by atoms with Crippen molar-refractivity contribution in [3.63, 3.8) is 0 Å². The molecule has 0 radical (unpaired) electrons. The molecule has 82 heavy (non-hydrogen) atoms. The normalized spacial score (nSPS) is 17.3. The second-order valence-corrected chi connectivity index (χ2v) is 28.1. The Morgan fingerprint density at radius 3 is 1.59 bits per heavy atom. The van der Waals surface area contributed by atoms with Crippen LogP contribution in [0.5, 0.6) is 0 Å². The van der Waals surface area contributed by atoms with Crippen LogP contribution < -0.4 is 20.8 Å². The summed E-state index contributed by atoms with van der Waals surface area (Å²) in [6, 6.07) is 63.7. The molecule has 2 aliphatic heterocycles. The van der Waals surface area contributed by atoms with Crippen LogP contribution in [0.1, 0.15) is 130 Å². The Labute approximate surface area is 481 Å². The van der Waals surface area contributed by atoms with Crippen LogP contribution >= 0.6 is 0 Å². The van der Waals surface area contributed by atoms with Gasteiger partial charge in [-0.05, 0) is 175 Å². The van der Waals surface area contributed by atoms with Crippen molar-refractivity contribution in [2.75, 3.05) is 9.71 Å². The average molecular weight is 1070 g/mol. The largest absolute Gasteiger partial charge is 0.466 e. The zero-order valence-corrected chi connectivity index (χ0v) is 49.2. The van der Waals surface area contributed by atoms with Crippen LogP contribution in [0.4, 0.5) is 28.4 Å². The molecule has 0 spiro atoms. The molecule has 0 bridgehead atoms. The fourth-order valence-corrected chi connectivity index (χ4v) is 15.1. The van der Waals surface area contributed by atoms with Gasteiger partial charge in [0.05, 0.1) is 17.1 Å². The summed E-state index contributed by atoms with van der Waals surface area (Å²) in [5.74, 6) is 0. The number of anilines is 5. The lowest BCUT2D eigenvalue weighted by atomic mass is 9.45. The molecule has 9 aromatic carbocycles. The number of furan rings is 3. The Kier molecular flexibility index (Phi) is 10.1. The maximum absolute atomic E-state index is 7.87. The van der Waals surface area contributed by atoms with Gasteiger partial charge in [-0.15, -0.1) is 0 Å². The van der Waals surface area contributed by atoms with Gasteiger partial charge in [0, 0.05) is 55.5 Å². The highest BCUT2D eigenvalue weighted by Gasteiger charge is 2.51. The third kappa shape index (κ3) is 7.06. The highest BCUT2D eigenvalue weighted by atomic mass is 16.3. The molecule has 0 N–H and O–H groups in total. The first-order chi connectivity index (χ1) is 39.2. The Balaban J connectivity index is 1.08. The number of nitrogens with zero attached hydrogens (tertiary/aromatic N) is 2. The van der Waals surface area contributed by atoms with E-state index in [1.54, 1.807) is 0 Å². The van der Waals surface area contributed by atoms with E-state index in [2.05, 4.69) is 256 Å². The first-order valence-corrected chi connectivity index (χ1v) is 29.8. The first-order valence-electron chi connectivity index (χ1n) is 29.8. The zero-order valence-electron chi connectivity index (χ0n) is 49.2. The minimum absolute atomic E-state index is 0.0292. The number of fused-ring (bicyclic) bond motifs is 15. The van der Waals surface area contributed by atoms with Crippen LogP contribution in [0.3, 0.4) is 0 Å². The van der Waals surface area contributed by atoms with Gasteiger partial charge in [-0.25, -0.2) is 0 Å². The summed E-state index contributed by atoms with van der Waals surface area (Å²) in [7, 11) is 0. The van der Waals surface area contributed by atoms with E-state index in [0.29, 0.717) is 0 Å². The van der Waals surface area contributed by atoms with Gasteiger partial charge < -0.3 is 23.0 Å². The topological polar surface area (TPSA) is 45.9 Å². The van der Waals surface area contributed by atoms with Crippen molar-refractivity contribution in [3.8, 4) is 33.4 Å². The van der Waals surface area contributed by atoms with Crippen LogP contribution in [0.15, 0.2) is 183 Å². The van der Waals surface area contributed by atoms with Crippen LogP contribution in [0.2, 0.25) is 0 Å². The summed E-state index contributed by atoms with van der Waals surface area (Å²) >= 11 is 0. The van der Waals surface area contributed by atoms with Crippen molar-refractivity contribution < 1.29 is 13.3 Å². The van der Waals surface area contributed by atoms with Crippen molar-refractivity contribution >= 4 is 101 Å². The van der Waals surface area contributed by atoms with Crippen molar-refractivity contribution in [2.45, 2.75) is 129 Å². The first kappa shape index (κ1) is 49.6. The summed E-state index contributed by atoms with van der Waals surface area (Å²) in [5, 5.41) is 5.56. The molecule has 0 amide bonds. The summed E-state index contributed by atoms with van der Waals surface area (Å²) in [6.07, 6.45) is 4.47. The predicted molar refractivity (Wildman–Crippen MR) is 345 cm³/mol. The summed E-state index contributed by atoms with van der Waals surface area (Å²) in [5.41, 5.74) is 25.4. The fraction of sp³-hybridized carbons (Fsp3) is 0.263. The zero-order chi connectivity index (χ0) is 56.1. The molecule has 0 saturated carbocycles. The van der Waals surface area contributed by atoms with Crippen molar-refractivity contribution in [2.24, 2.45) is 0 Å². The smallest absolute Gasteiger partial charge is 0.376 e. The van der Waals surface area contributed by atoms with Gasteiger partial charge in [0.1, 0.15) is 28.0 Å². The molecule has 5 heterocycles. The van der Waals surface area contributed by atoms with E-state index in [0.717, 1.165) is 148 Å². The minimum Gasteiger partial charge on any atom is -0.466 e. The lowest BCUT2D eigenvalue weighted by Gasteiger charge is -2.44.